The summed E-state index contributed by atoms with van der Waals surface area (Å²) in [7, 11) is -3.50. The van der Waals surface area contributed by atoms with Crippen molar-refractivity contribution in [3.63, 3.8) is 0 Å². The van der Waals surface area contributed by atoms with E-state index in [4.69, 9.17) is 0 Å². The van der Waals surface area contributed by atoms with Crippen molar-refractivity contribution in [1.82, 2.24) is 14.3 Å². The van der Waals surface area contributed by atoms with Gasteiger partial charge in [0.15, 0.2) is 0 Å². The molecule has 0 aliphatic heterocycles. The van der Waals surface area contributed by atoms with E-state index in [1.54, 1.807) is 24.3 Å². The highest BCUT2D eigenvalue weighted by Gasteiger charge is 2.16. The van der Waals surface area contributed by atoms with E-state index >= 15 is 0 Å². The number of rotatable bonds is 6. The molecule has 1 N–H and O–H groups in total. The van der Waals surface area contributed by atoms with Crippen molar-refractivity contribution in [1.29, 1.82) is 0 Å². The van der Waals surface area contributed by atoms with E-state index < -0.39 is 10.0 Å². The normalized spacial score (nSPS) is 12.2. The van der Waals surface area contributed by atoms with E-state index in [2.05, 4.69) is 28.1 Å². The van der Waals surface area contributed by atoms with Crippen LogP contribution >= 0.6 is 0 Å². The van der Waals surface area contributed by atoms with Crippen LogP contribution in [0.25, 0.3) is 11.0 Å². The molecule has 0 atom stereocenters. The van der Waals surface area contributed by atoms with Crippen molar-refractivity contribution >= 4 is 21.1 Å². The third-order valence-corrected chi connectivity index (χ3v) is 5.63. The van der Waals surface area contributed by atoms with Crippen LogP contribution in [0.3, 0.4) is 0 Å². The number of nitrogens with one attached hydrogen (secondary N) is 1. The zero-order valence-electron chi connectivity index (χ0n) is 14.7. The fourth-order valence-corrected chi connectivity index (χ4v) is 3.98. The lowest BCUT2D eigenvalue weighted by Crippen LogP contribution is -2.26. The number of hydrogen-bond donors (Lipinski definition) is 1. The van der Waals surface area contributed by atoms with E-state index in [1.807, 2.05) is 31.2 Å². The molecule has 5 nitrogen and oxygen atoms in total. The smallest absolute Gasteiger partial charge is 0.240 e. The van der Waals surface area contributed by atoms with E-state index in [0.717, 1.165) is 22.4 Å². The van der Waals surface area contributed by atoms with Crippen molar-refractivity contribution in [2.24, 2.45) is 0 Å². The zero-order chi connectivity index (χ0) is 18.0. The van der Waals surface area contributed by atoms with Gasteiger partial charge in [0, 0.05) is 19.0 Å². The van der Waals surface area contributed by atoms with Gasteiger partial charge in [-0.25, -0.2) is 18.1 Å². The third-order valence-electron chi connectivity index (χ3n) is 4.16. The Hall–Kier alpha value is -2.18. The number of imidazole rings is 1. The maximum Gasteiger partial charge on any atom is 0.240 e. The first kappa shape index (κ1) is 17.6. The molecule has 132 valence electrons. The standard InChI is InChI=1S/C19H23N3O2S/c1-14(2)22-18-7-5-4-6-17(18)21-19(22)12-13-20-25(23,24)16-10-8-15(3)9-11-16/h4-11,14,20H,12-13H2,1-3H3. The molecule has 2 aromatic carbocycles. The predicted molar refractivity (Wildman–Crippen MR) is 100 cm³/mol. The average Bonchev–Trinajstić information content (AvgIpc) is 2.93. The highest BCUT2D eigenvalue weighted by molar-refractivity contribution is 7.89. The molecule has 6 heteroatoms. The Morgan fingerprint density at radius 2 is 1.76 bits per heavy atom. The molecule has 3 rings (SSSR count). The molecule has 1 aromatic heterocycles. The summed E-state index contributed by atoms with van der Waals surface area (Å²) in [5, 5.41) is 0. The van der Waals surface area contributed by atoms with Gasteiger partial charge in [-0.1, -0.05) is 29.8 Å². The molecule has 0 spiro atoms. The molecule has 25 heavy (non-hydrogen) atoms. The first-order chi connectivity index (χ1) is 11.9. The summed E-state index contributed by atoms with van der Waals surface area (Å²) in [5.41, 5.74) is 3.05. The van der Waals surface area contributed by atoms with Gasteiger partial charge in [0.05, 0.1) is 15.9 Å². The van der Waals surface area contributed by atoms with Gasteiger partial charge in [-0.05, 0) is 45.0 Å². The first-order valence-electron chi connectivity index (χ1n) is 8.40. The number of sulfonamides is 1. The van der Waals surface area contributed by atoms with Crippen LogP contribution in [0.1, 0.15) is 31.3 Å². The van der Waals surface area contributed by atoms with Crippen LogP contribution in [0.2, 0.25) is 0 Å². The molecule has 0 aliphatic rings. The molecule has 0 saturated carbocycles. The SMILES string of the molecule is Cc1ccc(S(=O)(=O)NCCc2nc3ccccc3n2C(C)C)cc1. The topological polar surface area (TPSA) is 64.0 Å². The van der Waals surface area contributed by atoms with Crippen LogP contribution in [-0.2, 0) is 16.4 Å². The molecule has 0 unspecified atom stereocenters. The Kier molecular flexibility index (Phi) is 4.92. The summed E-state index contributed by atoms with van der Waals surface area (Å²) in [6, 6.07) is 15.1. The van der Waals surface area contributed by atoms with Crippen LogP contribution < -0.4 is 4.72 Å². The van der Waals surface area contributed by atoms with Crippen LogP contribution in [0.15, 0.2) is 53.4 Å². The molecule has 0 aliphatic carbocycles. The van der Waals surface area contributed by atoms with Gasteiger partial charge < -0.3 is 4.57 Å². The second kappa shape index (κ2) is 6.98. The number of para-hydroxylation sites is 2. The van der Waals surface area contributed by atoms with E-state index in [9.17, 15) is 8.42 Å². The van der Waals surface area contributed by atoms with Crippen molar-refractivity contribution in [3.8, 4) is 0 Å². The lowest BCUT2D eigenvalue weighted by atomic mass is 10.2. The highest BCUT2D eigenvalue weighted by Crippen LogP contribution is 2.21. The van der Waals surface area contributed by atoms with Gasteiger partial charge in [-0.2, -0.15) is 0 Å². The zero-order valence-corrected chi connectivity index (χ0v) is 15.5. The fourth-order valence-electron chi connectivity index (χ4n) is 2.94. The highest BCUT2D eigenvalue weighted by atomic mass is 32.2. The molecular formula is C19H23N3O2S. The van der Waals surface area contributed by atoms with E-state index in [0.29, 0.717) is 13.0 Å². The number of hydrogen-bond acceptors (Lipinski definition) is 3. The van der Waals surface area contributed by atoms with Gasteiger partial charge in [-0.15, -0.1) is 0 Å². The fraction of sp³-hybridized carbons (Fsp3) is 0.316. The Bertz CT molecular complexity index is 974. The minimum Gasteiger partial charge on any atom is -0.325 e. The summed E-state index contributed by atoms with van der Waals surface area (Å²) < 4.78 is 29.6. The molecular weight excluding hydrogens is 334 g/mol. The largest absolute Gasteiger partial charge is 0.325 e. The van der Waals surface area contributed by atoms with Gasteiger partial charge in [0.2, 0.25) is 10.0 Å². The lowest BCUT2D eigenvalue weighted by Gasteiger charge is -2.13. The summed E-state index contributed by atoms with van der Waals surface area (Å²) in [6.45, 7) is 6.45. The molecule has 0 fully saturated rings. The van der Waals surface area contributed by atoms with Crippen molar-refractivity contribution in [3.05, 3.63) is 59.9 Å². The number of nitrogens with zero attached hydrogens (tertiary/aromatic N) is 2. The van der Waals surface area contributed by atoms with Crippen molar-refractivity contribution < 1.29 is 8.42 Å². The van der Waals surface area contributed by atoms with Crippen molar-refractivity contribution in [2.75, 3.05) is 6.54 Å². The maximum atomic E-state index is 12.4. The van der Waals surface area contributed by atoms with Gasteiger partial charge in [-0.3, -0.25) is 0 Å². The predicted octanol–water partition coefficient (Wildman–Crippen LogP) is 3.45. The second-order valence-electron chi connectivity index (χ2n) is 6.44. The van der Waals surface area contributed by atoms with Gasteiger partial charge in [0.1, 0.15) is 5.82 Å². The van der Waals surface area contributed by atoms with E-state index in [1.165, 1.54) is 0 Å². The maximum absolute atomic E-state index is 12.4. The third kappa shape index (κ3) is 3.75. The summed E-state index contributed by atoms with van der Waals surface area (Å²) in [6.07, 6.45) is 0.540. The Morgan fingerprint density at radius 1 is 1.08 bits per heavy atom. The molecule has 0 radical (unpaired) electrons. The monoisotopic (exact) mass is 357 g/mol. The first-order valence-corrected chi connectivity index (χ1v) is 9.89. The summed E-state index contributed by atoms with van der Waals surface area (Å²) in [5.74, 6) is 0.891. The average molecular weight is 357 g/mol. The van der Waals surface area contributed by atoms with Crippen molar-refractivity contribution in [2.45, 2.75) is 38.1 Å². The van der Waals surface area contributed by atoms with Gasteiger partial charge >= 0.3 is 0 Å². The van der Waals surface area contributed by atoms with Crippen LogP contribution in [-0.4, -0.2) is 24.5 Å². The van der Waals surface area contributed by atoms with E-state index in [-0.39, 0.29) is 10.9 Å². The minimum absolute atomic E-state index is 0.260. The molecule has 0 saturated heterocycles. The quantitative estimate of drug-likeness (QED) is 0.735. The second-order valence-corrected chi connectivity index (χ2v) is 8.21. The Balaban J connectivity index is 1.77. The van der Waals surface area contributed by atoms with Gasteiger partial charge in [0.25, 0.3) is 0 Å². The molecule has 3 aromatic rings. The molecule has 0 bridgehead atoms. The molecule has 1 heterocycles. The summed E-state index contributed by atoms with van der Waals surface area (Å²) >= 11 is 0. The Morgan fingerprint density at radius 3 is 2.44 bits per heavy atom. The molecule has 0 amide bonds. The van der Waals surface area contributed by atoms with Crippen LogP contribution in [0, 0.1) is 6.92 Å². The number of aryl methyl sites for hydroxylation is 1. The Labute approximate surface area is 148 Å². The number of fused-ring (bicyclic) bond motifs is 1. The lowest BCUT2D eigenvalue weighted by molar-refractivity contribution is 0.567. The minimum atomic E-state index is -3.50. The number of benzene rings is 2. The summed E-state index contributed by atoms with van der Waals surface area (Å²) in [4.78, 5) is 4.95. The number of aromatic nitrogens is 2. The van der Waals surface area contributed by atoms with Crippen LogP contribution in [0.5, 0.6) is 0 Å². The van der Waals surface area contributed by atoms with Crippen LogP contribution in [0.4, 0.5) is 0 Å².